The molecule has 1 aromatic carbocycles. The molecule has 1 aliphatic heterocycles. The molecule has 1 amide bonds. The lowest BCUT2D eigenvalue weighted by atomic mass is 10.1. The Bertz CT molecular complexity index is 1080. The summed E-state index contributed by atoms with van der Waals surface area (Å²) in [6.45, 7) is 9.44. The highest BCUT2D eigenvalue weighted by molar-refractivity contribution is 5.76. The summed E-state index contributed by atoms with van der Waals surface area (Å²) >= 11 is 0. The van der Waals surface area contributed by atoms with Crippen molar-refractivity contribution in [2.45, 2.75) is 33.2 Å². The number of nitrogens with zero attached hydrogens (tertiary/aromatic N) is 5. The van der Waals surface area contributed by atoms with E-state index in [1.165, 1.54) is 6.07 Å². The second-order valence-corrected chi connectivity index (χ2v) is 8.20. The van der Waals surface area contributed by atoms with Crippen LogP contribution in [0.25, 0.3) is 11.4 Å². The zero-order valence-electron chi connectivity index (χ0n) is 19.1. The molecular weight excluding hydrogens is 423 g/mol. The van der Waals surface area contributed by atoms with Crippen LogP contribution in [0.5, 0.6) is 0 Å². The van der Waals surface area contributed by atoms with Crippen molar-refractivity contribution in [3.05, 3.63) is 59.4 Å². The number of amides is 1. The number of anilines is 1. The number of likely N-dealkylation sites (N-methyl/N-ethyl adjacent to an activating group) is 1. The molecule has 1 N–H and O–H groups in total. The van der Waals surface area contributed by atoms with Crippen molar-refractivity contribution >= 4 is 11.7 Å². The third-order valence-corrected chi connectivity index (χ3v) is 5.89. The van der Waals surface area contributed by atoms with Gasteiger partial charge in [-0.05, 0) is 48.9 Å². The summed E-state index contributed by atoms with van der Waals surface area (Å²) in [6.07, 6.45) is 2.38. The molecule has 0 bridgehead atoms. The van der Waals surface area contributed by atoms with Gasteiger partial charge in [-0.25, -0.2) is 9.37 Å². The Morgan fingerprint density at radius 2 is 2.00 bits per heavy atom. The molecule has 174 valence electrons. The first kappa shape index (κ1) is 22.8. The number of carbonyl (C=O) groups is 1. The normalized spacial score (nSPS) is 14.5. The summed E-state index contributed by atoms with van der Waals surface area (Å²) in [5, 5.41) is 6.83. The first-order valence-corrected chi connectivity index (χ1v) is 11.3. The van der Waals surface area contributed by atoms with Crippen molar-refractivity contribution in [2.24, 2.45) is 0 Å². The molecule has 0 saturated carbocycles. The van der Waals surface area contributed by atoms with E-state index >= 15 is 0 Å². The molecule has 33 heavy (non-hydrogen) atoms. The lowest BCUT2D eigenvalue weighted by molar-refractivity contribution is -0.121. The first-order chi connectivity index (χ1) is 16.0. The van der Waals surface area contributed by atoms with Crippen molar-refractivity contribution in [3.8, 4) is 11.4 Å². The minimum absolute atomic E-state index is 0.104. The molecule has 1 fully saturated rings. The number of carbonyl (C=O) groups excluding carboxylic acids is 1. The van der Waals surface area contributed by atoms with Crippen LogP contribution in [0.2, 0.25) is 0 Å². The number of rotatable bonds is 8. The monoisotopic (exact) mass is 452 g/mol. The number of benzene rings is 1. The second-order valence-electron chi connectivity index (χ2n) is 8.20. The summed E-state index contributed by atoms with van der Waals surface area (Å²) in [7, 11) is 0. The van der Waals surface area contributed by atoms with Crippen LogP contribution in [-0.2, 0) is 17.8 Å². The Balaban J connectivity index is 1.22. The summed E-state index contributed by atoms with van der Waals surface area (Å²) in [5.74, 6) is 1.35. The van der Waals surface area contributed by atoms with E-state index in [0.717, 1.165) is 44.1 Å². The van der Waals surface area contributed by atoms with Crippen LogP contribution < -0.4 is 10.2 Å². The van der Waals surface area contributed by atoms with Gasteiger partial charge in [-0.3, -0.25) is 4.79 Å². The molecule has 0 atom stereocenters. The number of aryl methyl sites for hydroxylation is 2. The van der Waals surface area contributed by atoms with E-state index in [0.29, 0.717) is 35.8 Å². The number of halogens is 1. The standard InChI is InChI=1S/C24H29FN6O2/c1-3-30-10-12-31(13-11-30)21-7-4-18(15-26-21)16-27-22(32)8-9-23-28-24(29-33-23)19-5-6-20(25)17(2)14-19/h4-7,14-15H,3,8-13,16H2,1-2H3,(H,27,32). The fourth-order valence-corrected chi connectivity index (χ4v) is 3.77. The first-order valence-electron chi connectivity index (χ1n) is 11.3. The van der Waals surface area contributed by atoms with Gasteiger partial charge < -0.3 is 19.6 Å². The van der Waals surface area contributed by atoms with Crippen LogP contribution in [0.4, 0.5) is 10.2 Å². The molecule has 0 unspecified atom stereocenters. The Hall–Kier alpha value is -3.33. The molecule has 0 spiro atoms. The van der Waals surface area contributed by atoms with E-state index in [9.17, 15) is 9.18 Å². The highest BCUT2D eigenvalue weighted by atomic mass is 19.1. The summed E-state index contributed by atoms with van der Waals surface area (Å²) in [4.78, 5) is 25.8. The predicted molar refractivity (Wildman–Crippen MR) is 123 cm³/mol. The maximum atomic E-state index is 13.4. The van der Waals surface area contributed by atoms with Gasteiger partial charge in [0.1, 0.15) is 11.6 Å². The lowest BCUT2D eigenvalue weighted by Crippen LogP contribution is -2.46. The minimum Gasteiger partial charge on any atom is -0.354 e. The van der Waals surface area contributed by atoms with Crippen molar-refractivity contribution < 1.29 is 13.7 Å². The van der Waals surface area contributed by atoms with Gasteiger partial charge in [-0.1, -0.05) is 18.1 Å². The Kier molecular flexibility index (Phi) is 7.29. The number of piperazine rings is 1. The topological polar surface area (TPSA) is 87.4 Å². The third-order valence-electron chi connectivity index (χ3n) is 5.89. The van der Waals surface area contributed by atoms with E-state index in [-0.39, 0.29) is 18.1 Å². The Morgan fingerprint density at radius 1 is 1.18 bits per heavy atom. The zero-order valence-corrected chi connectivity index (χ0v) is 19.1. The maximum Gasteiger partial charge on any atom is 0.227 e. The smallest absolute Gasteiger partial charge is 0.227 e. The lowest BCUT2D eigenvalue weighted by Gasteiger charge is -2.34. The second kappa shape index (κ2) is 10.5. The van der Waals surface area contributed by atoms with E-state index in [4.69, 9.17) is 4.52 Å². The van der Waals surface area contributed by atoms with Crippen LogP contribution in [0.15, 0.2) is 41.1 Å². The predicted octanol–water partition coefficient (Wildman–Crippen LogP) is 2.97. The van der Waals surface area contributed by atoms with Crippen LogP contribution in [-0.4, -0.2) is 58.7 Å². The van der Waals surface area contributed by atoms with Crippen molar-refractivity contribution in [3.63, 3.8) is 0 Å². The molecule has 4 rings (SSSR count). The van der Waals surface area contributed by atoms with E-state index in [1.807, 2.05) is 18.3 Å². The average molecular weight is 453 g/mol. The molecule has 0 aliphatic carbocycles. The molecule has 1 aliphatic rings. The molecule has 1 saturated heterocycles. The highest BCUT2D eigenvalue weighted by Gasteiger charge is 2.16. The SMILES string of the molecule is CCN1CCN(c2ccc(CNC(=O)CCc3nc(-c4ccc(F)c(C)c4)no3)cn2)CC1. The Morgan fingerprint density at radius 3 is 2.70 bits per heavy atom. The van der Waals surface area contributed by atoms with Gasteiger partial charge in [0.05, 0.1) is 0 Å². The van der Waals surface area contributed by atoms with Crippen LogP contribution in [0.3, 0.4) is 0 Å². The van der Waals surface area contributed by atoms with Crippen LogP contribution >= 0.6 is 0 Å². The van der Waals surface area contributed by atoms with E-state index in [1.54, 1.807) is 19.1 Å². The van der Waals surface area contributed by atoms with E-state index in [2.05, 4.69) is 37.2 Å². The fourth-order valence-electron chi connectivity index (χ4n) is 3.77. The van der Waals surface area contributed by atoms with Gasteiger partial charge in [0.25, 0.3) is 0 Å². The number of aromatic nitrogens is 3. The number of pyridine rings is 1. The van der Waals surface area contributed by atoms with Crippen molar-refractivity contribution in [2.75, 3.05) is 37.6 Å². The zero-order chi connectivity index (χ0) is 23.2. The summed E-state index contributed by atoms with van der Waals surface area (Å²) < 4.78 is 18.7. The molecule has 0 radical (unpaired) electrons. The molecule has 9 heteroatoms. The van der Waals surface area contributed by atoms with Crippen LogP contribution in [0, 0.1) is 12.7 Å². The van der Waals surface area contributed by atoms with Gasteiger partial charge in [0.2, 0.25) is 17.6 Å². The number of nitrogens with one attached hydrogen (secondary N) is 1. The molecule has 2 aromatic heterocycles. The average Bonchev–Trinajstić information content (AvgIpc) is 3.33. The highest BCUT2D eigenvalue weighted by Crippen LogP contribution is 2.19. The van der Waals surface area contributed by atoms with Gasteiger partial charge in [-0.15, -0.1) is 0 Å². The van der Waals surface area contributed by atoms with Gasteiger partial charge in [0.15, 0.2) is 0 Å². The maximum absolute atomic E-state index is 13.4. The Labute approximate surface area is 192 Å². The largest absolute Gasteiger partial charge is 0.354 e. The van der Waals surface area contributed by atoms with Gasteiger partial charge in [-0.2, -0.15) is 4.98 Å². The fraction of sp³-hybridized carbons (Fsp3) is 0.417. The third kappa shape index (κ3) is 5.92. The quantitative estimate of drug-likeness (QED) is 0.562. The summed E-state index contributed by atoms with van der Waals surface area (Å²) in [6, 6.07) is 8.67. The molecule has 3 aromatic rings. The molecule has 8 nitrogen and oxygen atoms in total. The minimum atomic E-state index is -0.279. The summed E-state index contributed by atoms with van der Waals surface area (Å²) in [5.41, 5.74) is 2.14. The van der Waals surface area contributed by atoms with Crippen molar-refractivity contribution in [1.82, 2.24) is 25.3 Å². The van der Waals surface area contributed by atoms with Gasteiger partial charge >= 0.3 is 0 Å². The van der Waals surface area contributed by atoms with Crippen molar-refractivity contribution in [1.29, 1.82) is 0 Å². The molecular formula is C24H29FN6O2. The van der Waals surface area contributed by atoms with E-state index < -0.39 is 0 Å². The number of hydrogen-bond donors (Lipinski definition) is 1. The molecule has 3 heterocycles. The van der Waals surface area contributed by atoms with Crippen LogP contribution in [0.1, 0.15) is 30.4 Å². The van der Waals surface area contributed by atoms with Gasteiger partial charge in [0, 0.05) is 57.3 Å². The number of hydrogen-bond acceptors (Lipinski definition) is 7.